The Balaban J connectivity index is 1.63. The quantitative estimate of drug-likeness (QED) is 0.581. The summed E-state index contributed by atoms with van der Waals surface area (Å²) in [5.74, 6) is 2.25. The number of carbonyl (C=O) groups excluding carboxylic acids is 1. The summed E-state index contributed by atoms with van der Waals surface area (Å²) >= 11 is 1.41. The average molecular weight is 440 g/mol. The molecule has 0 radical (unpaired) electrons. The number of aryl methyl sites for hydroxylation is 1. The standard InChI is InChI=1S/C22H25N5O3S/c1-4-5-18-24-25-22-27(18)26-19(14-6-10-16(29-2)11-7-14)20(31-22)21(28)23-15-8-12-17(30-3)13-9-15/h6-13,19-20,26H,4-5H2,1-3H3,(H,23,28)/t19-,20+/m1/s1. The van der Waals surface area contributed by atoms with Gasteiger partial charge in [-0.25, -0.2) is 4.68 Å². The molecular weight excluding hydrogens is 414 g/mol. The molecule has 2 atom stereocenters. The Morgan fingerprint density at radius 2 is 1.71 bits per heavy atom. The van der Waals surface area contributed by atoms with Crippen molar-refractivity contribution >= 4 is 23.4 Å². The second-order valence-corrected chi connectivity index (χ2v) is 8.23. The predicted octanol–water partition coefficient (Wildman–Crippen LogP) is 3.65. The molecule has 0 spiro atoms. The second-order valence-electron chi connectivity index (χ2n) is 7.12. The Bertz CT molecular complexity index is 1040. The highest BCUT2D eigenvalue weighted by atomic mass is 32.2. The number of fused-ring (bicyclic) bond motifs is 1. The van der Waals surface area contributed by atoms with Crippen LogP contribution in [0.2, 0.25) is 0 Å². The van der Waals surface area contributed by atoms with Gasteiger partial charge in [0.15, 0.2) is 5.82 Å². The molecule has 0 saturated heterocycles. The summed E-state index contributed by atoms with van der Waals surface area (Å²) in [6.45, 7) is 2.10. The summed E-state index contributed by atoms with van der Waals surface area (Å²) in [5.41, 5.74) is 5.15. The van der Waals surface area contributed by atoms with Gasteiger partial charge in [-0.05, 0) is 48.4 Å². The van der Waals surface area contributed by atoms with E-state index in [-0.39, 0.29) is 11.9 Å². The lowest BCUT2D eigenvalue weighted by Crippen LogP contribution is -2.41. The van der Waals surface area contributed by atoms with Crippen LogP contribution >= 0.6 is 11.8 Å². The second kappa shape index (κ2) is 9.30. The third kappa shape index (κ3) is 4.46. The molecule has 1 amide bonds. The van der Waals surface area contributed by atoms with Crippen LogP contribution in [0.25, 0.3) is 0 Å². The van der Waals surface area contributed by atoms with Crippen molar-refractivity contribution in [1.29, 1.82) is 0 Å². The van der Waals surface area contributed by atoms with Crippen LogP contribution in [-0.4, -0.2) is 40.3 Å². The summed E-state index contributed by atoms with van der Waals surface area (Å²) in [4.78, 5) is 13.3. The van der Waals surface area contributed by atoms with Crippen LogP contribution in [-0.2, 0) is 11.2 Å². The molecule has 0 saturated carbocycles. The Morgan fingerprint density at radius 1 is 1.06 bits per heavy atom. The first-order valence-electron chi connectivity index (χ1n) is 10.1. The maximum absolute atomic E-state index is 13.3. The first-order chi connectivity index (χ1) is 15.1. The summed E-state index contributed by atoms with van der Waals surface area (Å²) in [6, 6.07) is 14.7. The van der Waals surface area contributed by atoms with Crippen LogP contribution in [0.4, 0.5) is 5.69 Å². The third-order valence-corrected chi connectivity index (χ3v) is 6.28. The summed E-state index contributed by atoms with van der Waals surface area (Å²) in [5, 5.41) is 11.8. The summed E-state index contributed by atoms with van der Waals surface area (Å²) < 4.78 is 12.4. The van der Waals surface area contributed by atoms with Crippen molar-refractivity contribution in [2.24, 2.45) is 0 Å². The summed E-state index contributed by atoms with van der Waals surface area (Å²) in [6.07, 6.45) is 1.76. The van der Waals surface area contributed by atoms with E-state index in [4.69, 9.17) is 9.47 Å². The van der Waals surface area contributed by atoms with E-state index in [2.05, 4.69) is 27.9 Å². The molecular formula is C22H25N5O3S. The van der Waals surface area contributed by atoms with Gasteiger partial charge in [0, 0.05) is 12.1 Å². The van der Waals surface area contributed by atoms with E-state index in [1.54, 1.807) is 14.2 Å². The first kappa shape index (κ1) is 21.0. The van der Waals surface area contributed by atoms with Crippen LogP contribution in [0.3, 0.4) is 0 Å². The highest BCUT2D eigenvalue weighted by Gasteiger charge is 2.37. The van der Waals surface area contributed by atoms with Crippen LogP contribution in [0.5, 0.6) is 11.5 Å². The Hall–Kier alpha value is -3.20. The molecule has 8 nitrogen and oxygen atoms in total. The topological polar surface area (TPSA) is 90.3 Å². The van der Waals surface area contributed by atoms with Crippen LogP contribution in [0, 0.1) is 0 Å². The average Bonchev–Trinajstić information content (AvgIpc) is 3.21. The molecule has 2 heterocycles. The van der Waals surface area contributed by atoms with Gasteiger partial charge in [0.05, 0.1) is 20.3 Å². The van der Waals surface area contributed by atoms with E-state index in [0.29, 0.717) is 10.8 Å². The number of hydrogen-bond acceptors (Lipinski definition) is 7. The number of nitrogens with zero attached hydrogens (tertiary/aromatic N) is 3. The van der Waals surface area contributed by atoms with Gasteiger partial charge in [0.25, 0.3) is 0 Å². The number of aromatic nitrogens is 3. The fourth-order valence-electron chi connectivity index (χ4n) is 3.43. The van der Waals surface area contributed by atoms with Crippen molar-refractivity contribution in [3.8, 4) is 11.5 Å². The minimum Gasteiger partial charge on any atom is -0.497 e. The summed E-state index contributed by atoms with van der Waals surface area (Å²) in [7, 11) is 3.25. The number of carbonyl (C=O) groups is 1. The molecule has 1 aliphatic rings. The first-order valence-corrected chi connectivity index (χ1v) is 11.0. The lowest BCUT2D eigenvalue weighted by Gasteiger charge is -2.33. The van der Waals surface area contributed by atoms with Crippen molar-refractivity contribution in [3.63, 3.8) is 0 Å². The molecule has 2 aromatic carbocycles. The number of rotatable bonds is 7. The predicted molar refractivity (Wildman–Crippen MR) is 120 cm³/mol. The molecule has 0 unspecified atom stereocenters. The molecule has 0 fully saturated rings. The smallest absolute Gasteiger partial charge is 0.240 e. The normalized spacial score (nSPS) is 17.4. The fourth-order valence-corrected chi connectivity index (χ4v) is 4.53. The largest absolute Gasteiger partial charge is 0.497 e. The maximum atomic E-state index is 13.3. The zero-order valence-corrected chi connectivity index (χ0v) is 18.5. The number of thioether (sulfide) groups is 1. The maximum Gasteiger partial charge on any atom is 0.240 e. The van der Waals surface area contributed by atoms with Crippen LogP contribution < -0.4 is 20.2 Å². The number of amides is 1. The molecule has 0 bridgehead atoms. The van der Waals surface area contributed by atoms with Gasteiger partial charge in [-0.3, -0.25) is 4.79 Å². The van der Waals surface area contributed by atoms with Crippen molar-refractivity contribution in [3.05, 3.63) is 59.9 Å². The zero-order valence-electron chi connectivity index (χ0n) is 17.7. The van der Waals surface area contributed by atoms with Gasteiger partial charge >= 0.3 is 0 Å². The number of ether oxygens (including phenoxy) is 2. The Kier molecular flexibility index (Phi) is 6.31. The number of methoxy groups -OCH3 is 2. The minimum absolute atomic E-state index is 0.116. The van der Waals surface area contributed by atoms with E-state index in [9.17, 15) is 4.79 Å². The third-order valence-electron chi connectivity index (χ3n) is 5.07. The van der Waals surface area contributed by atoms with Gasteiger partial charge < -0.3 is 20.2 Å². The molecule has 162 valence electrons. The molecule has 3 aromatic rings. The highest BCUT2D eigenvalue weighted by molar-refractivity contribution is 8.00. The highest BCUT2D eigenvalue weighted by Crippen LogP contribution is 2.38. The molecule has 9 heteroatoms. The lowest BCUT2D eigenvalue weighted by atomic mass is 10.0. The van der Waals surface area contributed by atoms with Gasteiger partial charge in [-0.2, -0.15) is 0 Å². The molecule has 1 aromatic heterocycles. The zero-order chi connectivity index (χ0) is 21.8. The number of anilines is 1. The van der Waals surface area contributed by atoms with Crippen LogP contribution in [0.15, 0.2) is 53.7 Å². The van der Waals surface area contributed by atoms with E-state index < -0.39 is 5.25 Å². The van der Waals surface area contributed by atoms with Gasteiger partial charge in [-0.15, -0.1) is 10.2 Å². The SMILES string of the molecule is CCCc1nnc2n1N[C@H](c1ccc(OC)cc1)[C@@H](C(=O)Nc1ccc(OC)cc1)S2. The Morgan fingerprint density at radius 3 is 2.32 bits per heavy atom. The monoisotopic (exact) mass is 439 g/mol. The molecule has 4 rings (SSSR count). The minimum atomic E-state index is -0.443. The van der Waals surface area contributed by atoms with Crippen molar-refractivity contribution in [1.82, 2.24) is 14.9 Å². The van der Waals surface area contributed by atoms with E-state index in [0.717, 1.165) is 35.7 Å². The van der Waals surface area contributed by atoms with Gasteiger partial charge in [0.2, 0.25) is 11.1 Å². The van der Waals surface area contributed by atoms with Crippen molar-refractivity contribution in [2.45, 2.75) is 36.2 Å². The van der Waals surface area contributed by atoms with Gasteiger partial charge in [0.1, 0.15) is 16.7 Å². The molecule has 31 heavy (non-hydrogen) atoms. The lowest BCUT2D eigenvalue weighted by molar-refractivity contribution is -0.116. The van der Waals surface area contributed by atoms with E-state index in [1.165, 1.54) is 11.8 Å². The Labute approximate surface area is 185 Å². The molecule has 0 aliphatic carbocycles. The number of hydrogen-bond donors (Lipinski definition) is 2. The molecule has 1 aliphatic heterocycles. The van der Waals surface area contributed by atoms with Crippen LogP contribution in [0.1, 0.15) is 30.8 Å². The van der Waals surface area contributed by atoms with E-state index >= 15 is 0 Å². The van der Waals surface area contributed by atoms with Gasteiger partial charge in [-0.1, -0.05) is 30.8 Å². The van der Waals surface area contributed by atoms with E-state index in [1.807, 2.05) is 53.2 Å². The van der Waals surface area contributed by atoms with Crippen molar-refractivity contribution < 1.29 is 14.3 Å². The fraction of sp³-hybridized carbons (Fsp3) is 0.318. The van der Waals surface area contributed by atoms with Crippen molar-refractivity contribution in [2.75, 3.05) is 25.0 Å². The number of nitrogens with one attached hydrogen (secondary N) is 2. The molecule has 2 N–H and O–H groups in total. The number of benzene rings is 2.